The molecular formula is C24H23ClN6O. The van der Waals surface area contributed by atoms with Gasteiger partial charge in [-0.15, -0.1) is 5.10 Å². The van der Waals surface area contributed by atoms with Gasteiger partial charge in [0, 0.05) is 48.6 Å². The second-order valence-electron chi connectivity index (χ2n) is 8.06. The standard InChI is InChI=1S/C24H23ClN6O/c1-16-6-8-19(25)15-21(16)29-10-12-30(13-11-29)24(32)18-7-5-17(2)22(14-18)31-23-20(27-28-31)4-3-9-26-23/h3-9,14-15H,10-13H2,1-2H3. The average Bonchev–Trinajstić information content (AvgIpc) is 3.25. The predicted octanol–water partition coefficient (Wildman–Crippen LogP) is 4.05. The van der Waals surface area contributed by atoms with E-state index < -0.39 is 0 Å². The lowest BCUT2D eigenvalue weighted by Gasteiger charge is -2.37. The van der Waals surface area contributed by atoms with Crippen molar-refractivity contribution in [1.82, 2.24) is 24.9 Å². The van der Waals surface area contributed by atoms with Crippen molar-refractivity contribution in [3.8, 4) is 5.69 Å². The second kappa shape index (κ2) is 8.24. The first kappa shape index (κ1) is 20.5. The van der Waals surface area contributed by atoms with Gasteiger partial charge in [0.2, 0.25) is 0 Å². The van der Waals surface area contributed by atoms with Crippen molar-refractivity contribution in [1.29, 1.82) is 0 Å². The number of hydrogen-bond donors (Lipinski definition) is 0. The van der Waals surface area contributed by atoms with Crippen LogP contribution < -0.4 is 4.90 Å². The van der Waals surface area contributed by atoms with Gasteiger partial charge in [-0.25, -0.2) is 4.98 Å². The van der Waals surface area contributed by atoms with E-state index in [0.717, 1.165) is 40.6 Å². The fourth-order valence-electron chi connectivity index (χ4n) is 4.15. The molecule has 0 bridgehead atoms. The van der Waals surface area contributed by atoms with Gasteiger partial charge in [0.1, 0.15) is 5.52 Å². The summed E-state index contributed by atoms with van der Waals surface area (Å²) in [5.74, 6) is 0.0195. The molecule has 5 rings (SSSR count). The van der Waals surface area contributed by atoms with Crippen LogP contribution in [0.4, 0.5) is 5.69 Å². The Labute approximate surface area is 191 Å². The van der Waals surface area contributed by atoms with Crippen molar-refractivity contribution in [2.75, 3.05) is 31.1 Å². The summed E-state index contributed by atoms with van der Waals surface area (Å²) in [6.07, 6.45) is 1.72. The van der Waals surface area contributed by atoms with E-state index in [0.29, 0.717) is 24.3 Å². The van der Waals surface area contributed by atoms with Gasteiger partial charge >= 0.3 is 0 Å². The highest BCUT2D eigenvalue weighted by Gasteiger charge is 2.24. The van der Waals surface area contributed by atoms with Gasteiger partial charge in [0.15, 0.2) is 5.65 Å². The minimum Gasteiger partial charge on any atom is -0.368 e. The molecule has 0 spiro atoms. The molecule has 0 unspecified atom stereocenters. The number of nitrogens with zero attached hydrogens (tertiary/aromatic N) is 6. The monoisotopic (exact) mass is 446 g/mol. The van der Waals surface area contributed by atoms with Gasteiger partial charge in [-0.3, -0.25) is 4.79 Å². The first-order chi connectivity index (χ1) is 15.5. The largest absolute Gasteiger partial charge is 0.368 e. The van der Waals surface area contributed by atoms with Gasteiger partial charge in [-0.1, -0.05) is 28.9 Å². The molecule has 1 fully saturated rings. The molecule has 1 saturated heterocycles. The van der Waals surface area contributed by atoms with Crippen LogP contribution in [0.25, 0.3) is 16.9 Å². The highest BCUT2D eigenvalue weighted by molar-refractivity contribution is 6.30. The number of piperazine rings is 1. The predicted molar refractivity (Wildman–Crippen MR) is 126 cm³/mol. The van der Waals surface area contributed by atoms with Crippen LogP contribution in [-0.4, -0.2) is 57.0 Å². The smallest absolute Gasteiger partial charge is 0.254 e. The summed E-state index contributed by atoms with van der Waals surface area (Å²) in [4.78, 5) is 21.9. The van der Waals surface area contributed by atoms with Gasteiger partial charge in [0.05, 0.1) is 5.69 Å². The lowest BCUT2D eigenvalue weighted by atomic mass is 10.1. The Morgan fingerprint density at radius 2 is 1.69 bits per heavy atom. The molecule has 1 aliphatic rings. The maximum Gasteiger partial charge on any atom is 0.254 e. The molecule has 2 aromatic heterocycles. The third-order valence-electron chi connectivity index (χ3n) is 5.97. The van der Waals surface area contributed by atoms with Crippen LogP contribution in [0.3, 0.4) is 0 Å². The third-order valence-corrected chi connectivity index (χ3v) is 6.21. The number of carbonyl (C=O) groups excluding carboxylic acids is 1. The topological polar surface area (TPSA) is 67.2 Å². The molecule has 32 heavy (non-hydrogen) atoms. The molecule has 3 heterocycles. The minimum absolute atomic E-state index is 0.0195. The fraction of sp³-hybridized carbons (Fsp3) is 0.250. The van der Waals surface area contributed by atoms with Gasteiger partial charge in [-0.05, 0) is 61.4 Å². The van der Waals surface area contributed by atoms with E-state index in [-0.39, 0.29) is 5.91 Å². The SMILES string of the molecule is Cc1ccc(Cl)cc1N1CCN(C(=O)c2ccc(C)c(-n3nnc4cccnc43)c2)CC1. The molecule has 8 heteroatoms. The van der Waals surface area contributed by atoms with E-state index in [2.05, 4.69) is 27.1 Å². The molecule has 7 nitrogen and oxygen atoms in total. The molecule has 2 aromatic carbocycles. The van der Waals surface area contributed by atoms with E-state index in [4.69, 9.17) is 11.6 Å². The maximum absolute atomic E-state index is 13.3. The highest BCUT2D eigenvalue weighted by Crippen LogP contribution is 2.26. The van der Waals surface area contributed by atoms with Gasteiger partial charge in [0.25, 0.3) is 5.91 Å². The highest BCUT2D eigenvalue weighted by atomic mass is 35.5. The summed E-state index contributed by atoms with van der Waals surface area (Å²) in [6.45, 7) is 6.92. The van der Waals surface area contributed by atoms with Crippen LogP contribution in [0.15, 0.2) is 54.7 Å². The first-order valence-electron chi connectivity index (χ1n) is 10.6. The number of aromatic nitrogens is 4. The Hall–Kier alpha value is -3.45. The van der Waals surface area contributed by atoms with Crippen LogP contribution in [-0.2, 0) is 0 Å². The summed E-state index contributed by atoms with van der Waals surface area (Å²) < 4.78 is 1.70. The summed E-state index contributed by atoms with van der Waals surface area (Å²) in [5.41, 5.74) is 6.16. The Morgan fingerprint density at radius 3 is 2.50 bits per heavy atom. The number of benzene rings is 2. The maximum atomic E-state index is 13.3. The van der Waals surface area contributed by atoms with E-state index in [1.165, 1.54) is 5.56 Å². The molecule has 0 saturated carbocycles. The Morgan fingerprint density at radius 1 is 0.938 bits per heavy atom. The van der Waals surface area contributed by atoms with Gasteiger partial charge < -0.3 is 9.80 Å². The molecule has 1 aliphatic heterocycles. The Kier molecular flexibility index (Phi) is 5.27. The molecule has 0 aliphatic carbocycles. The zero-order chi connectivity index (χ0) is 22.2. The molecule has 0 N–H and O–H groups in total. The van der Waals surface area contributed by atoms with E-state index >= 15 is 0 Å². The second-order valence-corrected chi connectivity index (χ2v) is 8.50. The lowest BCUT2D eigenvalue weighted by molar-refractivity contribution is 0.0746. The van der Waals surface area contributed by atoms with Crippen molar-refractivity contribution in [2.45, 2.75) is 13.8 Å². The van der Waals surface area contributed by atoms with Crippen LogP contribution in [0.2, 0.25) is 5.02 Å². The zero-order valence-corrected chi connectivity index (χ0v) is 18.8. The van der Waals surface area contributed by atoms with E-state index in [9.17, 15) is 4.79 Å². The summed E-state index contributed by atoms with van der Waals surface area (Å²) in [7, 11) is 0. The summed E-state index contributed by atoms with van der Waals surface area (Å²) in [5, 5.41) is 9.18. The fourth-order valence-corrected chi connectivity index (χ4v) is 4.32. The molecule has 0 atom stereocenters. The van der Waals surface area contributed by atoms with Crippen LogP contribution >= 0.6 is 11.6 Å². The number of hydrogen-bond acceptors (Lipinski definition) is 5. The number of fused-ring (bicyclic) bond motifs is 1. The number of rotatable bonds is 3. The van der Waals surface area contributed by atoms with E-state index in [1.807, 2.05) is 60.4 Å². The van der Waals surface area contributed by atoms with Crippen molar-refractivity contribution in [2.24, 2.45) is 0 Å². The van der Waals surface area contributed by atoms with Crippen LogP contribution in [0, 0.1) is 13.8 Å². The molecule has 4 aromatic rings. The number of halogens is 1. The van der Waals surface area contributed by atoms with Crippen LogP contribution in [0.5, 0.6) is 0 Å². The number of pyridine rings is 1. The first-order valence-corrected chi connectivity index (χ1v) is 11.0. The summed E-state index contributed by atoms with van der Waals surface area (Å²) in [6, 6.07) is 15.3. The summed E-state index contributed by atoms with van der Waals surface area (Å²) >= 11 is 6.19. The van der Waals surface area contributed by atoms with Gasteiger partial charge in [-0.2, -0.15) is 4.68 Å². The van der Waals surface area contributed by atoms with Crippen molar-refractivity contribution in [3.05, 3.63) is 76.4 Å². The Balaban J connectivity index is 1.37. The third kappa shape index (κ3) is 3.69. The number of carbonyl (C=O) groups is 1. The normalized spacial score (nSPS) is 14.2. The van der Waals surface area contributed by atoms with Crippen molar-refractivity contribution in [3.63, 3.8) is 0 Å². The Bertz CT molecular complexity index is 1310. The van der Waals surface area contributed by atoms with Crippen molar-refractivity contribution < 1.29 is 4.79 Å². The van der Waals surface area contributed by atoms with Crippen molar-refractivity contribution >= 4 is 34.4 Å². The number of anilines is 1. The molecular weight excluding hydrogens is 424 g/mol. The quantitative estimate of drug-likeness (QED) is 0.475. The average molecular weight is 447 g/mol. The number of aryl methyl sites for hydroxylation is 2. The van der Waals surface area contributed by atoms with Crippen LogP contribution in [0.1, 0.15) is 21.5 Å². The number of amides is 1. The zero-order valence-electron chi connectivity index (χ0n) is 18.0. The lowest BCUT2D eigenvalue weighted by Crippen LogP contribution is -2.49. The minimum atomic E-state index is 0.0195. The molecule has 162 valence electrons. The molecule has 0 radical (unpaired) electrons. The van der Waals surface area contributed by atoms with E-state index in [1.54, 1.807) is 10.9 Å². The molecule has 1 amide bonds.